The van der Waals surface area contributed by atoms with E-state index in [-0.39, 0.29) is 4.70 Å². The van der Waals surface area contributed by atoms with Gasteiger partial charge in [-0.25, -0.2) is 0 Å². The fraction of sp³-hybridized carbons (Fsp3) is 0.0204. The van der Waals surface area contributed by atoms with Crippen LogP contribution in [0.1, 0.15) is 0 Å². The zero-order valence-corrected chi connectivity index (χ0v) is 32.8. The van der Waals surface area contributed by atoms with Crippen LogP contribution in [-0.2, 0) is 10.1 Å². The molecule has 8 aromatic carbocycles. The Morgan fingerprint density at radius 1 is 0.424 bits per heavy atom. The number of para-hydroxylation sites is 3. The van der Waals surface area contributed by atoms with Crippen molar-refractivity contribution < 1.29 is 25.8 Å². The number of benzene rings is 8. The molecule has 0 aliphatic carbocycles. The van der Waals surface area contributed by atoms with Crippen molar-refractivity contribution in [3.63, 3.8) is 0 Å². The molecule has 0 aliphatic heterocycles. The van der Waals surface area contributed by atoms with Gasteiger partial charge in [-0.05, 0) is 95.1 Å². The van der Waals surface area contributed by atoms with Crippen LogP contribution in [0.4, 0.5) is 47.3 Å². The first-order chi connectivity index (χ1) is 28.7. The first kappa shape index (κ1) is 37.7. The van der Waals surface area contributed by atoms with Crippen molar-refractivity contribution in [2.24, 2.45) is 0 Å². The second-order valence-corrected chi connectivity index (χ2v) is 16.3. The van der Waals surface area contributed by atoms with Crippen molar-refractivity contribution in [1.29, 1.82) is 0 Å². The molecule has 0 aliphatic rings. The summed E-state index contributed by atoms with van der Waals surface area (Å²) < 4.78 is 72.6. The summed E-state index contributed by atoms with van der Waals surface area (Å²) in [6.07, 6.45) is 0. The Morgan fingerprint density at radius 3 is 1.31 bits per heavy atom. The van der Waals surface area contributed by atoms with E-state index in [4.69, 9.17) is 4.18 Å². The number of halogens is 3. The summed E-state index contributed by atoms with van der Waals surface area (Å²) in [6, 6.07) is 64.5. The summed E-state index contributed by atoms with van der Waals surface area (Å²) in [5, 5.41) is 1.23. The van der Waals surface area contributed by atoms with Gasteiger partial charge in [-0.3, -0.25) is 0 Å². The van der Waals surface area contributed by atoms with Crippen LogP contribution in [0.15, 0.2) is 200 Å². The van der Waals surface area contributed by atoms with Gasteiger partial charge in [0.25, 0.3) is 0 Å². The van der Waals surface area contributed by atoms with Crippen molar-refractivity contribution in [2.75, 3.05) is 9.80 Å². The molecule has 0 amide bonds. The van der Waals surface area contributed by atoms with E-state index in [2.05, 4.69) is 41.3 Å². The first-order valence-electron chi connectivity index (χ1n) is 18.7. The fourth-order valence-corrected chi connectivity index (χ4v) is 9.06. The van der Waals surface area contributed by atoms with Crippen molar-refractivity contribution in [3.05, 3.63) is 200 Å². The smallest absolute Gasteiger partial charge is 0.374 e. The molecule has 0 spiro atoms. The van der Waals surface area contributed by atoms with Gasteiger partial charge in [0.15, 0.2) is 5.75 Å². The summed E-state index contributed by atoms with van der Waals surface area (Å²) in [5.41, 5.74) is 3.27. The molecule has 0 atom stereocenters. The predicted octanol–water partition coefficient (Wildman–Crippen LogP) is 14.6. The number of nitrogens with zero attached hydrogens (tertiary/aromatic N) is 2. The Balaban J connectivity index is 1.26. The molecular weight excluding hydrogens is 786 g/mol. The van der Waals surface area contributed by atoms with Crippen molar-refractivity contribution in [1.82, 2.24) is 0 Å². The lowest BCUT2D eigenvalue weighted by atomic mass is 10.00. The molecule has 9 rings (SSSR count). The summed E-state index contributed by atoms with van der Waals surface area (Å²) in [7, 11) is -6.00. The minimum Gasteiger partial charge on any atom is -0.374 e. The van der Waals surface area contributed by atoms with E-state index in [1.807, 2.05) is 157 Å². The maximum atomic E-state index is 13.8. The molecular formula is C49H33F3N2O3S2. The molecule has 0 saturated carbocycles. The summed E-state index contributed by atoms with van der Waals surface area (Å²) >= 11 is 1.17. The topological polar surface area (TPSA) is 49.9 Å². The number of rotatable bonds is 10. The van der Waals surface area contributed by atoms with Crippen molar-refractivity contribution >= 4 is 75.8 Å². The highest BCUT2D eigenvalue weighted by Gasteiger charge is 2.49. The van der Waals surface area contributed by atoms with E-state index in [1.165, 1.54) is 17.4 Å². The third-order valence-corrected chi connectivity index (χ3v) is 12.2. The lowest BCUT2D eigenvalue weighted by molar-refractivity contribution is -0.0499. The van der Waals surface area contributed by atoms with Gasteiger partial charge in [-0.2, -0.15) is 21.6 Å². The molecule has 290 valence electrons. The molecule has 59 heavy (non-hydrogen) atoms. The van der Waals surface area contributed by atoms with E-state index in [9.17, 15) is 21.6 Å². The van der Waals surface area contributed by atoms with Crippen molar-refractivity contribution in [3.8, 4) is 28.0 Å². The molecule has 5 nitrogen and oxygen atoms in total. The summed E-state index contributed by atoms with van der Waals surface area (Å²) in [5.74, 6) is -0.415. The average Bonchev–Trinajstić information content (AvgIpc) is 3.67. The lowest BCUT2D eigenvalue weighted by Gasteiger charge is -2.29. The van der Waals surface area contributed by atoms with E-state index < -0.39 is 21.4 Å². The quantitative estimate of drug-likeness (QED) is 0.102. The molecule has 0 fully saturated rings. The van der Waals surface area contributed by atoms with Gasteiger partial charge in [-0.15, -0.1) is 11.3 Å². The zero-order chi connectivity index (χ0) is 40.6. The van der Waals surface area contributed by atoms with Crippen LogP contribution in [-0.4, -0.2) is 13.9 Å². The van der Waals surface area contributed by atoms with Gasteiger partial charge in [-0.1, -0.05) is 127 Å². The largest absolute Gasteiger partial charge is 0.534 e. The third-order valence-electron chi connectivity index (χ3n) is 10.0. The molecule has 1 aromatic heterocycles. The zero-order valence-electron chi connectivity index (χ0n) is 31.1. The van der Waals surface area contributed by atoms with Crippen LogP contribution < -0.4 is 14.0 Å². The molecule has 0 bridgehead atoms. The standard InChI is InChI=1S/C49H33F3N2O3S2/c50-49(51,52)59(55,56)57-44-33-32-43(47-46-42(22-13-23-45(46)58-48(44)47)53(38-16-7-2-8-17-38)39-18-9-3-10-19-39)54(40-20-11-4-12-21-40)41-30-28-37(29-31-41)36-26-24-35(25-27-36)34-14-5-1-6-15-34/h1-33H. The second-order valence-electron chi connectivity index (χ2n) is 13.7. The number of thiophene rings is 1. The Bertz CT molecular complexity index is 2960. The number of hydrogen-bond acceptors (Lipinski definition) is 6. The van der Waals surface area contributed by atoms with Crippen LogP contribution >= 0.6 is 11.3 Å². The van der Waals surface area contributed by atoms with Gasteiger partial charge >= 0.3 is 15.6 Å². The Kier molecular flexibility index (Phi) is 9.88. The minimum atomic E-state index is -6.00. The van der Waals surface area contributed by atoms with Gasteiger partial charge in [0.05, 0.1) is 16.1 Å². The van der Waals surface area contributed by atoms with Gasteiger partial charge in [0.2, 0.25) is 0 Å². The fourth-order valence-electron chi connectivity index (χ4n) is 7.34. The lowest BCUT2D eigenvalue weighted by Crippen LogP contribution is -2.28. The number of hydrogen-bond donors (Lipinski definition) is 0. The van der Waals surface area contributed by atoms with Gasteiger partial charge in [0, 0.05) is 38.2 Å². The normalized spacial score (nSPS) is 11.8. The number of anilines is 6. The van der Waals surface area contributed by atoms with Gasteiger partial charge in [0.1, 0.15) is 0 Å². The first-order valence-corrected chi connectivity index (χ1v) is 20.9. The van der Waals surface area contributed by atoms with Crippen LogP contribution in [0, 0.1) is 0 Å². The van der Waals surface area contributed by atoms with Crippen molar-refractivity contribution in [2.45, 2.75) is 5.51 Å². The van der Waals surface area contributed by atoms with Crippen LogP contribution in [0.25, 0.3) is 42.4 Å². The molecule has 10 heteroatoms. The minimum absolute atomic E-state index is 0.245. The average molecular weight is 819 g/mol. The number of fused-ring (bicyclic) bond motifs is 3. The second kappa shape index (κ2) is 15.5. The van der Waals surface area contributed by atoms with Gasteiger partial charge < -0.3 is 14.0 Å². The summed E-state index contributed by atoms with van der Waals surface area (Å²) in [6.45, 7) is 0. The van der Waals surface area contributed by atoms with E-state index in [0.29, 0.717) is 16.5 Å². The number of alkyl halides is 3. The van der Waals surface area contributed by atoms with Crippen LogP contribution in [0.5, 0.6) is 5.75 Å². The molecule has 1 heterocycles. The molecule has 0 N–H and O–H groups in total. The highest BCUT2D eigenvalue weighted by atomic mass is 32.2. The Hall–Kier alpha value is -6.88. The monoisotopic (exact) mass is 818 g/mol. The highest BCUT2D eigenvalue weighted by Crippen LogP contribution is 2.52. The molecule has 0 unspecified atom stereocenters. The third kappa shape index (κ3) is 7.28. The maximum Gasteiger partial charge on any atom is 0.534 e. The van der Waals surface area contributed by atoms with E-state index in [0.717, 1.165) is 55.4 Å². The molecule has 9 aromatic rings. The predicted molar refractivity (Wildman–Crippen MR) is 235 cm³/mol. The van der Waals surface area contributed by atoms with E-state index >= 15 is 0 Å². The van der Waals surface area contributed by atoms with Crippen LogP contribution in [0.2, 0.25) is 0 Å². The molecule has 0 radical (unpaired) electrons. The SMILES string of the molecule is O=S(=O)(Oc1ccc(N(c2ccccc2)c2ccc(-c3ccc(-c4ccccc4)cc3)cc2)c2c1sc1cccc(N(c3ccccc3)c3ccccc3)c12)C(F)(F)F. The van der Waals surface area contributed by atoms with E-state index in [1.54, 1.807) is 6.07 Å². The highest BCUT2D eigenvalue weighted by molar-refractivity contribution is 7.88. The van der Waals surface area contributed by atoms with Crippen LogP contribution in [0.3, 0.4) is 0 Å². The molecule has 0 saturated heterocycles. The maximum absolute atomic E-state index is 13.8. The Morgan fingerprint density at radius 2 is 0.831 bits per heavy atom. The Labute approximate surface area is 343 Å². The summed E-state index contributed by atoms with van der Waals surface area (Å²) in [4.78, 5) is 4.12.